The Labute approximate surface area is 60.8 Å². The lowest BCUT2D eigenvalue weighted by Gasteiger charge is -2.03. The lowest BCUT2D eigenvalue weighted by atomic mass is 10.3. The number of anilines is 1. The van der Waals surface area contributed by atoms with E-state index in [2.05, 4.69) is 18.9 Å². The molecule has 3 nitrogen and oxygen atoms in total. The van der Waals surface area contributed by atoms with Crippen molar-refractivity contribution in [1.82, 2.24) is 5.10 Å². The molecule has 0 aliphatic carbocycles. The predicted molar refractivity (Wildman–Crippen MR) is 40.4 cm³/mol. The first-order valence-corrected chi connectivity index (χ1v) is 3.60. The molecule has 0 unspecified atom stereocenters. The first-order valence-electron chi connectivity index (χ1n) is 3.60. The van der Waals surface area contributed by atoms with Crippen molar-refractivity contribution in [3.63, 3.8) is 0 Å². The highest BCUT2D eigenvalue weighted by Crippen LogP contribution is 2.01. The number of aromatic amines is 1. The molecule has 1 heterocycles. The number of hydrogen-bond donors (Lipinski definition) is 2. The quantitative estimate of drug-likeness (QED) is 0.588. The number of nitrogens with one attached hydrogen (secondary N) is 1. The largest absolute Gasteiger partial charge is 0.292 e. The van der Waals surface area contributed by atoms with Crippen LogP contribution in [0.3, 0.4) is 0 Å². The molecule has 10 heavy (non-hydrogen) atoms. The molecule has 0 fully saturated rings. The fourth-order valence-corrected chi connectivity index (χ4v) is 0.922. The predicted octanol–water partition coefficient (Wildman–Crippen LogP) is 0.855. The molecule has 3 N–H and O–H groups in total. The molecule has 0 saturated heterocycles. The molecular weight excluding hydrogens is 126 g/mol. The van der Waals surface area contributed by atoms with Crippen molar-refractivity contribution in [2.24, 2.45) is 0 Å². The summed E-state index contributed by atoms with van der Waals surface area (Å²) in [5.74, 6) is 0.800. The standard InChI is InChI=1S/C7H13N3/c1-3-6(2)10-7(8)4-5-9-10/h4-6H,3H2,1-2H3,(H2,8,9)/p+1/t6-/m0/s1. The van der Waals surface area contributed by atoms with E-state index < -0.39 is 0 Å². The summed E-state index contributed by atoms with van der Waals surface area (Å²) in [6.45, 7) is 4.27. The van der Waals surface area contributed by atoms with Crippen LogP contribution in [-0.4, -0.2) is 5.10 Å². The van der Waals surface area contributed by atoms with Crippen molar-refractivity contribution in [2.45, 2.75) is 26.3 Å². The van der Waals surface area contributed by atoms with Crippen LogP contribution in [0.1, 0.15) is 26.3 Å². The molecule has 0 aliphatic heterocycles. The molecule has 1 aromatic heterocycles. The molecule has 0 bridgehead atoms. The zero-order valence-electron chi connectivity index (χ0n) is 6.46. The Morgan fingerprint density at radius 2 is 2.50 bits per heavy atom. The van der Waals surface area contributed by atoms with Gasteiger partial charge < -0.3 is 0 Å². The molecule has 0 radical (unpaired) electrons. The van der Waals surface area contributed by atoms with Gasteiger partial charge in [-0.05, 0) is 13.3 Å². The first-order chi connectivity index (χ1) is 4.75. The Bertz CT molecular complexity index is 204. The zero-order chi connectivity index (χ0) is 7.56. The minimum atomic E-state index is 0.468. The van der Waals surface area contributed by atoms with Gasteiger partial charge in [-0.15, -0.1) is 0 Å². The maximum Gasteiger partial charge on any atom is 0.292 e. The maximum absolute atomic E-state index is 5.65. The van der Waals surface area contributed by atoms with Crippen molar-refractivity contribution in [1.29, 1.82) is 0 Å². The second kappa shape index (κ2) is 2.73. The van der Waals surface area contributed by atoms with Crippen LogP contribution < -0.4 is 10.4 Å². The Kier molecular flexibility index (Phi) is 1.94. The average Bonchev–Trinajstić information content (AvgIpc) is 2.34. The van der Waals surface area contributed by atoms with Crippen molar-refractivity contribution < 1.29 is 4.68 Å². The summed E-state index contributed by atoms with van der Waals surface area (Å²) in [7, 11) is 0. The van der Waals surface area contributed by atoms with Gasteiger partial charge in [0, 0.05) is 12.3 Å². The average molecular weight is 140 g/mol. The van der Waals surface area contributed by atoms with Gasteiger partial charge >= 0.3 is 0 Å². The first kappa shape index (κ1) is 7.12. The van der Waals surface area contributed by atoms with Gasteiger partial charge in [0.25, 0.3) is 5.82 Å². The molecule has 0 aliphatic rings. The highest BCUT2D eigenvalue weighted by atomic mass is 15.3. The SMILES string of the molecule is CC[C@H](C)[n+]1[nH]ccc1N. The summed E-state index contributed by atoms with van der Waals surface area (Å²) in [6, 6.07) is 2.33. The molecule has 0 aromatic carbocycles. The summed E-state index contributed by atoms with van der Waals surface area (Å²) >= 11 is 0. The fraction of sp³-hybridized carbons (Fsp3) is 0.571. The second-order valence-electron chi connectivity index (χ2n) is 2.51. The van der Waals surface area contributed by atoms with Crippen LogP contribution in [0.2, 0.25) is 0 Å². The van der Waals surface area contributed by atoms with E-state index in [1.54, 1.807) is 0 Å². The summed E-state index contributed by atoms with van der Waals surface area (Å²) in [5.41, 5.74) is 5.65. The molecule has 56 valence electrons. The molecule has 1 atom stereocenters. The van der Waals surface area contributed by atoms with Gasteiger partial charge in [-0.3, -0.25) is 5.73 Å². The van der Waals surface area contributed by atoms with E-state index in [9.17, 15) is 0 Å². The van der Waals surface area contributed by atoms with Gasteiger partial charge in [-0.2, -0.15) is 4.68 Å². The number of nitrogen functional groups attached to an aromatic ring is 1. The van der Waals surface area contributed by atoms with E-state index in [1.165, 1.54) is 0 Å². The maximum atomic E-state index is 5.65. The Morgan fingerprint density at radius 3 is 2.90 bits per heavy atom. The van der Waals surface area contributed by atoms with E-state index >= 15 is 0 Å². The van der Waals surface area contributed by atoms with E-state index in [1.807, 2.05) is 16.9 Å². The molecule has 3 heteroatoms. The van der Waals surface area contributed by atoms with E-state index in [4.69, 9.17) is 5.73 Å². The van der Waals surface area contributed by atoms with Gasteiger partial charge in [0.15, 0.2) is 0 Å². The number of nitrogens with zero attached hydrogens (tertiary/aromatic N) is 1. The Balaban J connectivity index is 2.82. The normalized spacial score (nSPS) is 13.4. The van der Waals surface area contributed by atoms with Gasteiger partial charge in [0.2, 0.25) is 0 Å². The van der Waals surface area contributed by atoms with Crippen molar-refractivity contribution >= 4 is 5.82 Å². The van der Waals surface area contributed by atoms with Crippen molar-refractivity contribution in [2.75, 3.05) is 5.73 Å². The van der Waals surface area contributed by atoms with Crippen LogP contribution in [0.4, 0.5) is 5.82 Å². The fourth-order valence-electron chi connectivity index (χ4n) is 0.922. The Morgan fingerprint density at radius 1 is 1.80 bits per heavy atom. The van der Waals surface area contributed by atoms with Crippen molar-refractivity contribution in [3.05, 3.63) is 12.3 Å². The number of hydrogen-bond acceptors (Lipinski definition) is 1. The molecule has 1 rings (SSSR count). The van der Waals surface area contributed by atoms with Crippen LogP contribution in [0, 0.1) is 0 Å². The van der Waals surface area contributed by atoms with Crippen LogP contribution in [0.25, 0.3) is 0 Å². The highest BCUT2D eigenvalue weighted by molar-refractivity contribution is 5.16. The topological polar surface area (TPSA) is 45.7 Å². The smallest absolute Gasteiger partial charge is 0.285 e. The number of H-pyrrole nitrogens is 1. The minimum absolute atomic E-state index is 0.468. The van der Waals surface area contributed by atoms with Gasteiger partial charge in [0.05, 0.1) is 0 Å². The molecule has 0 saturated carbocycles. The Hall–Kier alpha value is -0.990. The van der Waals surface area contributed by atoms with Gasteiger partial charge in [-0.25, -0.2) is 5.10 Å². The summed E-state index contributed by atoms with van der Waals surface area (Å²) < 4.78 is 1.96. The lowest BCUT2D eigenvalue weighted by Crippen LogP contribution is -2.41. The molecule has 0 amide bonds. The minimum Gasteiger partial charge on any atom is -0.285 e. The van der Waals surface area contributed by atoms with E-state index in [0.717, 1.165) is 12.2 Å². The second-order valence-corrected chi connectivity index (χ2v) is 2.51. The third-order valence-corrected chi connectivity index (χ3v) is 1.78. The number of aromatic nitrogens is 2. The lowest BCUT2D eigenvalue weighted by molar-refractivity contribution is -0.758. The monoisotopic (exact) mass is 140 g/mol. The van der Waals surface area contributed by atoms with E-state index in [-0.39, 0.29) is 0 Å². The summed E-state index contributed by atoms with van der Waals surface area (Å²) in [4.78, 5) is 0. The summed E-state index contributed by atoms with van der Waals surface area (Å²) in [6.07, 6.45) is 2.94. The third-order valence-electron chi connectivity index (χ3n) is 1.78. The van der Waals surface area contributed by atoms with Gasteiger partial charge in [-0.1, -0.05) is 6.92 Å². The van der Waals surface area contributed by atoms with Gasteiger partial charge in [0.1, 0.15) is 6.04 Å². The molecular formula is C7H14N3+. The molecule has 0 spiro atoms. The molecule has 1 aromatic rings. The van der Waals surface area contributed by atoms with Crippen LogP contribution in [-0.2, 0) is 0 Å². The van der Waals surface area contributed by atoms with E-state index in [0.29, 0.717) is 6.04 Å². The van der Waals surface area contributed by atoms with Crippen LogP contribution in [0.15, 0.2) is 12.3 Å². The zero-order valence-corrected chi connectivity index (χ0v) is 6.46. The summed E-state index contributed by atoms with van der Waals surface area (Å²) in [5, 5.41) is 3.05. The number of rotatable bonds is 2. The number of nitrogens with two attached hydrogens (primary N) is 1. The third kappa shape index (κ3) is 1.12. The highest BCUT2D eigenvalue weighted by Gasteiger charge is 2.10. The van der Waals surface area contributed by atoms with Crippen LogP contribution in [0.5, 0.6) is 0 Å². The van der Waals surface area contributed by atoms with Crippen LogP contribution >= 0.6 is 0 Å². The van der Waals surface area contributed by atoms with Crippen molar-refractivity contribution in [3.8, 4) is 0 Å².